The van der Waals surface area contributed by atoms with Crippen LogP contribution < -0.4 is 5.32 Å². The van der Waals surface area contributed by atoms with Crippen molar-refractivity contribution in [3.8, 4) is 0 Å². The topological polar surface area (TPSA) is 58.6 Å². The van der Waals surface area contributed by atoms with Crippen LogP contribution in [-0.4, -0.2) is 49.6 Å². The zero-order chi connectivity index (χ0) is 9.97. The predicted molar refractivity (Wildman–Crippen MR) is 48.5 cm³/mol. The summed E-state index contributed by atoms with van der Waals surface area (Å²) in [5.41, 5.74) is 0. The lowest BCUT2D eigenvalue weighted by Gasteiger charge is -2.28. The molecule has 78 valence electrons. The summed E-state index contributed by atoms with van der Waals surface area (Å²) in [6.45, 7) is 3.03. The lowest BCUT2D eigenvalue weighted by molar-refractivity contribution is -0.139. The Morgan fingerprint density at radius 3 is 2.71 bits per heavy atom. The largest absolute Gasteiger partial charge is 0.378 e. The van der Waals surface area contributed by atoms with Crippen LogP contribution in [0.5, 0.6) is 0 Å². The lowest BCUT2D eigenvalue weighted by Crippen LogP contribution is -2.44. The molecule has 2 fully saturated rings. The first-order chi connectivity index (χ1) is 6.77. The van der Waals surface area contributed by atoms with E-state index >= 15 is 0 Å². The number of morpholine rings is 1. The van der Waals surface area contributed by atoms with Crippen molar-refractivity contribution in [1.82, 2.24) is 10.2 Å². The summed E-state index contributed by atoms with van der Waals surface area (Å²) in [5, 5.41) is 2.67. The summed E-state index contributed by atoms with van der Waals surface area (Å²) in [5.74, 6) is -0.0798. The Morgan fingerprint density at radius 1 is 1.43 bits per heavy atom. The number of rotatable bonds is 1. The van der Waals surface area contributed by atoms with Gasteiger partial charge in [0, 0.05) is 26.1 Å². The van der Waals surface area contributed by atoms with Gasteiger partial charge in [0.05, 0.1) is 19.1 Å². The number of carbonyl (C=O) groups is 2. The first-order valence-electron chi connectivity index (χ1n) is 4.90. The number of carbonyl (C=O) groups excluding carboxylic acids is 2. The van der Waals surface area contributed by atoms with Crippen LogP contribution in [0.2, 0.25) is 0 Å². The number of amides is 2. The Hall–Kier alpha value is -1.10. The van der Waals surface area contributed by atoms with Crippen molar-refractivity contribution in [3.63, 3.8) is 0 Å². The minimum absolute atomic E-state index is 0.0170. The fraction of sp³-hybridized carbons (Fsp3) is 0.778. The molecule has 2 rings (SSSR count). The molecule has 5 heteroatoms. The average molecular weight is 198 g/mol. The second kappa shape index (κ2) is 3.96. The molecule has 1 unspecified atom stereocenters. The molecule has 0 spiro atoms. The molecule has 0 aromatic carbocycles. The van der Waals surface area contributed by atoms with Gasteiger partial charge in [-0.25, -0.2) is 0 Å². The molecule has 0 aliphatic carbocycles. The van der Waals surface area contributed by atoms with E-state index in [0.717, 1.165) is 0 Å². The summed E-state index contributed by atoms with van der Waals surface area (Å²) in [4.78, 5) is 24.5. The van der Waals surface area contributed by atoms with E-state index in [1.165, 1.54) is 0 Å². The van der Waals surface area contributed by atoms with E-state index in [-0.39, 0.29) is 17.7 Å². The van der Waals surface area contributed by atoms with Crippen LogP contribution in [-0.2, 0) is 14.3 Å². The first-order valence-corrected chi connectivity index (χ1v) is 4.90. The Morgan fingerprint density at radius 2 is 2.14 bits per heavy atom. The summed E-state index contributed by atoms with van der Waals surface area (Å²) in [7, 11) is 0. The van der Waals surface area contributed by atoms with Gasteiger partial charge in [0.2, 0.25) is 11.8 Å². The van der Waals surface area contributed by atoms with Crippen LogP contribution >= 0.6 is 0 Å². The molecule has 1 N–H and O–H groups in total. The fourth-order valence-corrected chi connectivity index (χ4v) is 1.82. The third-order valence-electron chi connectivity index (χ3n) is 2.65. The summed E-state index contributed by atoms with van der Waals surface area (Å²) < 4.78 is 5.16. The highest BCUT2D eigenvalue weighted by Crippen LogP contribution is 2.13. The quantitative estimate of drug-likeness (QED) is 0.587. The summed E-state index contributed by atoms with van der Waals surface area (Å²) in [6, 6.07) is 0. The predicted octanol–water partition coefficient (Wildman–Crippen LogP) is -1.02. The molecule has 0 saturated carbocycles. The van der Waals surface area contributed by atoms with Gasteiger partial charge in [0.15, 0.2) is 0 Å². The van der Waals surface area contributed by atoms with Gasteiger partial charge in [-0.15, -0.1) is 0 Å². The molecule has 2 heterocycles. The molecule has 2 aliphatic heterocycles. The highest BCUT2D eigenvalue weighted by molar-refractivity contribution is 5.89. The van der Waals surface area contributed by atoms with Crippen molar-refractivity contribution in [2.24, 2.45) is 5.92 Å². The van der Waals surface area contributed by atoms with Crippen molar-refractivity contribution in [2.75, 3.05) is 32.8 Å². The van der Waals surface area contributed by atoms with Crippen LogP contribution in [0.3, 0.4) is 0 Å². The molecule has 0 bridgehead atoms. The Balaban J connectivity index is 1.90. The van der Waals surface area contributed by atoms with E-state index < -0.39 is 0 Å². The van der Waals surface area contributed by atoms with Crippen LogP contribution in [0.1, 0.15) is 6.42 Å². The van der Waals surface area contributed by atoms with Crippen molar-refractivity contribution in [3.05, 3.63) is 0 Å². The highest BCUT2D eigenvalue weighted by atomic mass is 16.5. The molecule has 0 aromatic rings. The molecule has 2 aliphatic rings. The van der Waals surface area contributed by atoms with Gasteiger partial charge >= 0.3 is 0 Å². The number of nitrogens with zero attached hydrogens (tertiary/aromatic N) is 1. The molecule has 2 amide bonds. The Labute approximate surface area is 82.4 Å². The monoisotopic (exact) mass is 198 g/mol. The van der Waals surface area contributed by atoms with Gasteiger partial charge in [-0.1, -0.05) is 0 Å². The number of hydrogen-bond acceptors (Lipinski definition) is 3. The van der Waals surface area contributed by atoms with E-state index in [0.29, 0.717) is 39.3 Å². The van der Waals surface area contributed by atoms with Crippen molar-refractivity contribution >= 4 is 11.8 Å². The zero-order valence-electron chi connectivity index (χ0n) is 7.99. The van der Waals surface area contributed by atoms with Gasteiger partial charge in [-0.2, -0.15) is 0 Å². The van der Waals surface area contributed by atoms with Crippen LogP contribution in [0, 0.1) is 5.92 Å². The SMILES string of the molecule is O=C1CC(C(=O)N2CCOCC2)CN1. The van der Waals surface area contributed by atoms with Gasteiger partial charge in [0.1, 0.15) is 0 Å². The zero-order valence-corrected chi connectivity index (χ0v) is 7.99. The molecule has 0 aromatic heterocycles. The first kappa shape index (κ1) is 9.45. The smallest absolute Gasteiger partial charge is 0.228 e. The molecule has 14 heavy (non-hydrogen) atoms. The maximum Gasteiger partial charge on any atom is 0.228 e. The highest BCUT2D eigenvalue weighted by Gasteiger charge is 2.31. The van der Waals surface area contributed by atoms with E-state index in [1.807, 2.05) is 0 Å². The van der Waals surface area contributed by atoms with E-state index in [9.17, 15) is 9.59 Å². The Kier molecular flexibility index (Phi) is 2.67. The van der Waals surface area contributed by atoms with Crippen molar-refractivity contribution < 1.29 is 14.3 Å². The second-order valence-electron chi connectivity index (χ2n) is 3.64. The van der Waals surface area contributed by atoms with E-state index in [4.69, 9.17) is 4.74 Å². The molecule has 5 nitrogen and oxygen atoms in total. The van der Waals surface area contributed by atoms with Crippen LogP contribution in [0.15, 0.2) is 0 Å². The van der Waals surface area contributed by atoms with Gasteiger partial charge in [0.25, 0.3) is 0 Å². The van der Waals surface area contributed by atoms with Crippen LogP contribution in [0.4, 0.5) is 0 Å². The number of nitrogens with one attached hydrogen (secondary N) is 1. The van der Waals surface area contributed by atoms with Crippen molar-refractivity contribution in [2.45, 2.75) is 6.42 Å². The van der Waals surface area contributed by atoms with Gasteiger partial charge < -0.3 is 15.0 Å². The summed E-state index contributed by atoms with van der Waals surface area (Å²) >= 11 is 0. The molecule has 0 radical (unpaired) electrons. The van der Waals surface area contributed by atoms with E-state index in [1.54, 1.807) is 4.90 Å². The van der Waals surface area contributed by atoms with Gasteiger partial charge in [-0.3, -0.25) is 9.59 Å². The molecular weight excluding hydrogens is 184 g/mol. The third kappa shape index (κ3) is 1.87. The normalized spacial score (nSPS) is 27.6. The van der Waals surface area contributed by atoms with Crippen molar-refractivity contribution in [1.29, 1.82) is 0 Å². The molecular formula is C9H14N2O3. The maximum absolute atomic E-state index is 11.8. The molecule has 2 saturated heterocycles. The second-order valence-corrected chi connectivity index (χ2v) is 3.64. The maximum atomic E-state index is 11.8. The lowest BCUT2D eigenvalue weighted by atomic mass is 10.1. The Bertz CT molecular complexity index is 248. The van der Waals surface area contributed by atoms with Crippen LogP contribution in [0.25, 0.3) is 0 Å². The number of hydrogen-bond donors (Lipinski definition) is 1. The molecule has 1 atom stereocenters. The van der Waals surface area contributed by atoms with Gasteiger partial charge in [-0.05, 0) is 0 Å². The standard InChI is InChI=1S/C9H14N2O3/c12-8-5-7(6-10-8)9(13)11-1-3-14-4-2-11/h7H,1-6H2,(H,10,12). The minimum atomic E-state index is -0.152. The summed E-state index contributed by atoms with van der Waals surface area (Å²) in [6.07, 6.45) is 0.343. The fourth-order valence-electron chi connectivity index (χ4n) is 1.82. The number of ether oxygens (including phenoxy) is 1. The average Bonchev–Trinajstić information content (AvgIpc) is 2.65. The van der Waals surface area contributed by atoms with E-state index in [2.05, 4.69) is 5.32 Å². The minimum Gasteiger partial charge on any atom is -0.378 e. The third-order valence-corrected chi connectivity index (χ3v) is 2.65.